The molecule has 23 heavy (non-hydrogen) atoms. The molecule has 0 saturated carbocycles. The zero-order valence-corrected chi connectivity index (χ0v) is 13.6. The molecule has 0 spiro atoms. The smallest absolute Gasteiger partial charge is 0.120 e. The average Bonchev–Trinajstić information content (AvgIpc) is 2.98. The van der Waals surface area contributed by atoms with Crippen LogP contribution < -0.4 is 4.74 Å². The van der Waals surface area contributed by atoms with Gasteiger partial charge in [-0.2, -0.15) is 0 Å². The van der Waals surface area contributed by atoms with Gasteiger partial charge in [0.15, 0.2) is 0 Å². The number of hydrogen-bond acceptors (Lipinski definition) is 3. The SMILES string of the molecule is Cc1cc(OCc2ccccc2)ccc1CCc1cn(C)nn1. The van der Waals surface area contributed by atoms with Gasteiger partial charge in [0.1, 0.15) is 12.4 Å². The third kappa shape index (κ3) is 4.19. The summed E-state index contributed by atoms with van der Waals surface area (Å²) in [4.78, 5) is 0. The van der Waals surface area contributed by atoms with Crippen LogP contribution in [0, 0.1) is 6.92 Å². The van der Waals surface area contributed by atoms with Crippen LogP contribution >= 0.6 is 0 Å². The zero-order valence-electron chi connectivity index (χ0n) is 13.6. The van der Waals surface area contributed by atoms with Gasteiger partial charge in [-0.25, -0.2) is 0 Å². The van der Waals surface area contributed by atoms with Crippen LogP contribution in [0.3, 0.4) is 0 Å². The number of ether oxygens (including phenoxy) is 1. The molecule has 4 nitrogen and oxygen atoms in total. The molecule has 2 aromatic carbocycles. The molecule has 0 fully saturated rings. The van der Waals surface area contributed by atoms with E-state index in [1.54, 1.807) is 4.68 Å². The van der Waals surface area contributed by atoms with E-state index in [4.69, 9.17) is 4.74 Å². The maximum absolute atomic E-state index is 5.87. The minimum Gasteiger partial charge on any atom is -0.489 e. The summed E-state index contributed by atoms with van der Waals surface area (Å²) < 4.78 is 7.61. The molecule has 1 heterocycles. The molecule has 0 N–H and O–H groups in total. The van der Waals surface area contributed by atoms with Crippen LogP contribution in [0.1, 0.15) is 22.4 Å². The summed E-state index contributed by atoms with van der Waals surface area (Å²) in [5.74, 6) is 0.912. The van der Waals surface area contributed by atoms with E-state index < -0.39 is 0 Å². The van der Waals surface area contributed by atoms with Gasteiger partial charge >= 0.3 is 0 Å². The highest BCUT2D eigenvalue weighted by atomic mass is 16.5. The Balaban J connectivity index is 1.59. The topological polar surface area (TPSA) is 39.9 Å². The van der Waals surface area contributed by atoms with Gasteiger partial charge in [0.05, 0.1) is 5.69 Å². The first-order valence-corrected chi connectivity index (χ1v) is 7.82. The molecular weight excluding hydrogens is 286 g/mol. The molecule has 3 aromatic rings. The number of rotatable bonds is 6. The maximum atomic E-state index is 5.87. The fourth-order valence-electron chi connectivity index (χ4n) is 2.55. The van der Waals surface area contributed by atoms with Gasteiger partial charge in [0, 0.05) is 13.2 Å². The quantitative estimate of drug-likeness (QED) is 0.700. The minimum atomic E-state index is 0.596. The van der Waals surface area contributed by atoms with Gasteiger partial charge < -0.3 is 4.74 Å². The largest absolute Gasteiger partial charge is 0.489 e. The van der Waals surface area contributed by atoms with Crippen molar-refractivity contribution in [1.29, 1.82) is 0 Å². The maximum Gasteiger partial charge on any atom is 0.120 e. The van der Waals surface area contributed by atoms with Crippen molar-refractivity contribution in [2.24, 2.45) is 7.05 Å². The van der Waals surface area contributed by atoms with Crippen LogP contribution in [0.15, 0.2) is 54.7 Å². The summed E-state index contributed by atoms with van der Waals surface area (Å²) in [5.41, 5.74) is 4.77. The van der Waals surface area contributed by atoms with E-state index in [0.29, 0.717) is 6.61 Å². The lowest BCUT2D eigenvalue weighted by molar-refractivity contribution is 0.306. The molecule has 0 bridgehead atoms. The van der Waals surface area contributed by atoms with Crippen molar-refractivity contribution in [3.05, 3.63) is 77.1 Å². The van der Waals surface area contributed by atoms with Crippen molar-refractivity contribution in [3.8, 4) is 5.75 Å². The van der Waals surface area contributed by atoms with Gasteiger partial charge in [0.2, 0.25) is 0 Å². The molecule has 0 aliphatic carbocycles. The van der Waals surface area contributed by atoms with Crippen LogP contribution in [-0.4, -0.2) is 15.0 Å². The Morgan fingerprint density at radius 3 is 2.57 bits per heavy atom. The number of nitrogens with zero attached hydrogens (tertiary/aromatic N) is 3. The highest BCUT2D eigenvalue weighted by Gasteiger charge is 2.04. The third-order valence-electron chi connectivity index (χ3n) is 3.86. The van der Waals surface area contributed by atoms with Crippen molar-refractivity contribution >= 4 is 0 Å². The standard InChI is InChI=1S/C19H21N3O/c1-15-12-19(23-14-16-6-4-3-5-7-16)11-9-17(15)8-10-18-13-22(2)21-20-18/h3-7,9,11-13H,8,10,14H2,1-2H3. The van der Waals surface area contributed by atoms with Crippen LogP contribution in [0.2, 0.25) is 0 Å². The van der Waals surface area contributed by atoms with Crippen LogP contribution in [0.4, 0.5) is 0 Å². The Bertz CT molecular complexity index is 765. The molecular formula is C19H21N3O. The second kappa shape index (κ2) is 7.09. The van der Waals surface area contributed by atoms with Gasteiger partial charge in [-0.15, -0.1) is 5.10 Å². The number of hydrogen-bond donors (Lipinski definition) is 0. The van der Waals surface area contributed by atoms with E-state index in [1.165, 1.54) is 16.7 Å². The second-order valence-corrected chi connectivity index (χ2v) is 5.75. The first-order chi connectivity index (χ1) is 11.2. The molecule has 0 aliphatic heterocycles. The van der Waals surface area contributed by atoms with E-state index in [9.17, 15) is 0 Å². The lowest BCUT2D eigenvalue weighted by Gasteiger charge is -2.10. The lowest BCUT2D eigenvalue weighted by Crippen LogP contribution is -1.98. The number of aryl methyl sites for hydroxylation is 4. The van der Waals surface area contributed by atoms with Crippen molar-refractivity contribution in [2.75, 3.05) is 0 Å². The Morgan fingerprint density at radius 1 is 1.04 bits per heavy atom. The normalized spacial score (nSPS) is 10.7. The number of benzene rings is 2. The van der Waals surface area contributed by atoms with Crippen LogP contribution in [0.5, 0.6) is 5.75 Å². The Labute approximate surface area is 136 Å². The summed E-state index contributed by atoms with van der Waals surface area (Å²) >= 11 is 0. The molecule has 3 rings (SSSR count). The minimum absolute atomic E-state index is 0.596. The summed E-state index contributed by atoms with van der Waals surface area (Å²) in [7, 11) is 1.89. The monoisotopic (exact) mass is 307 g/mol. The predicted octanol–water partition coefficient (Wildman–Crippen LogP) is 3.49. The Hall–Kier alpha value is -2.62. The molecule has 0 saturated heterocycles. The third-order valence-corrected chi connectivity index (χ3v) is 3.86. The Morgan fingerprint density at radius 2 is 1.87 bits per heavy atom. The van der Waals surface area contributed by atoms with Crippen molar-refractivity contribution in [2.45, 2.75) is 26.4 Å². The van der Waals surface area contributed by atoms with E-state index in [1.807, 2.05) is 37.5 Å². The Kier molecular flexibility index (Phi) is 4.71. The van der Waals surface area contributed by atoms with Gasteiger partial charge in [-0.1, -0.05) is 41.6 Å². The first kappa shape index (κ1) is 15.3. The van der Waals surface area contributed by atoms with Gasteiger partial charge in [-0.3, -0.25) is 4.68 Å². The fourth-order valence-corrected chi connectivity index (χ4v) is 2.55. The summed E-state index contributed by atoms with van der Waals surface area (Å²) in [6.07, 6.45) is 3.83. The molecule has 0 amide bonds. The highest BCUT2D eigenvalue weighted by molar-refractivity contribution is 5.35. The van der Waals surface area contributed by atoms with E-state index >= 15 is 0 Å². The van der Waals surface area contributed by atoms with Crippen molar-refractivity contribution in [1.82, 2.24) is 15.0 Å². The summed E-state index contributed by atoms with van der Waals surface area (Å²) in [5, 5.41) is 8.09. The summed E-state index contributed by atoms with van der Waals surface area (Å²) in [6, 6.07) is 16.5. The summed E-state index contributed by atoms with van der Waals surface area (Å²) in [6.45, 7) is 2.72. The van der Waals surface area contributed by atoms with Crippen LogP contribution in [-0.2, 0) is 26.5 Å². The van der Waals surface area contributed by atoms with Crippen molar-refractivity contribution in [3.63, 3.8) is 0 Å². The van der Waals surface area contributed by atoms with Crippen molar-refractivity contribution < 1.29 is 4.74 Å². The first-order valence-electron chi connectivity index (χ1n) is 7.82. The lowest BCUT2D eigenvalue weighted by atomic mass is 10.0. The molecule has 0 aliphatic rings. The fraction of sp³-hybridized carbons (Fsp3) is 0.263. The van der Waals surface area contributed by atoms with E-state index in [0.717, 1.165) is 24.3 Å². The molecule has 0 radical (unpaired) electrons. The van der Waals surface area contributed by atoms with Gasteiger partial charge in [-0.05, 0) is 48.6 Å². The number of aromatic nitrogens is 3. The molecule has 1 aromatic heterocycles. The second-order valence-electron chi connectivity index (χ2n) is 5.75. The molecule has 4 heteroatoms. The molecule has 118 valence electrons. The molecule has 0 unspecified atom stereocenters. The highest BCUT2D eigenvalue weighted by Crippen LogP contribution is 2.19. The predicted molar refractivity (Wildman–Crippen MR) is 90.4 cm³/mol. The van der Waals surface area contributed by atoms with Gasteiger partial charge in [0.25, 0.3) is 0 Å². The zero-order chi connectivity index (χ0) is 16.1. The van der Waals surface area contributed by atoms with Crippen LogP contribution in [0.25, 0.3) is 0 Å². The average molecular weight is 307 g/mol. The molecule has 0 atom stereocenters. The van der Waals surface area contributed by atoms with E-state index in [-0.39, 0.29) is 0 Å². The van der Waals surface area contributed by atoms with E-state index in [2.05, 4.69) is 41.5 Å².